The maximum atomic E-state index is 3.22. The van der Waals surface area contributed by atoms with Gasteiger partial charge in [0.05, 0.1) is 0 Å². The maximum absolute atomic E-state index is 3.22. The zero-order valence-electron chi connectivity index (χ0n) is 9.09. The van der Waals surface area contributed by atoms with Gasteiger partial charge in [0.15, 0.2) is 0 Å². The summed E-state index contributed by atoms with van der Waals surface area (Å²) in [5.41, 5.74) is 3.22. The predicted octanol–water partition coefficient (Wildman–Crippen LogP) is 2.36. The minimum Gasteiger partial charge on any atom is -0.255 e. The van der Waals surface area contributed by atoms with Crippen molar-refractivity contribution in [2.45, 2.75) is 26.7 Å². The third kappa shape index (κ3) is 9.31. The zero-order chi connectivity index (χ0) is 9.94. The van der Waals surface area contributed by atoms with Crippen LogP contribution < -0.4 is 5.43 Å². The van der Waals surface area contributed by atoms with Crippen LogP contribution in [0, 0.1) is 0 Å². The van der Waals surface area contributed by atoms with E-state index in [-0.39, 0.29) is 0 Å². The van der Waals surface area contributed by atoms with E-state index in [0.717, 1.165) is 25.9 Å². The van der Waals surface area contributed by atoms with Crippen molar-refractivity contribution in [2.75, 3.05) is 20.1 Å². The second-order valence-corrected chi connectivity index (χ2v) is 3.01. The van der Waals surface area contributed by atoms with Gasteiger partial charge in [-0.3, -0.25) is 5.43 Å². The van der Waals surface area contributed by atoms with Gasteiger partial charge in [-0.2, -0.15) is 0 Å². The molecule has 0 aliphatic heterocycles. The van der Waals surface area contributed by atoms with Crippen LogP contribution in [-0.4, -0.2) is 25.1 Å². The van der Waals surface area contributed by atoms with Gasteiger partial charge < -0.3 is 0 Å². The van der Waals surface area contributed by atoms with Crippen LogP contribution in [-0.2, 0) is 0 Å². The lowest BCUT2D eigenvalue weighted by atomic mass is 10.3. The van der Waals surface area contributed by atoms with Crippen molar-refractivity contribution in [3.63, 3.8) is 0 Å². The minimum absolute atomic E-state index is 0.976. The smallest absolute Gasteiger partial charge is 0.0308 e. The topological polar surface area (TPSA) is 15.3 Å². The first-order chi connectivity index (χ1) is 6.31. The lowest BCUT2D eigenvalue weighted by Gasteiger charge is -2.13. The van der Waals surface area contributed by atoms with Crippen LogP contribution in [0.1, 0.15) is 26.7 Å². The Morgan fingerprint density at radius 3 is 2.46 bits per heavy atom. The molecule has 0 saturated heterocycles. The molecular weight excluding hydrogens is 160 g/mol. The summed E-state index contributed by atoms with van der Waals surface area (Å²) in [7, 11) is 2.06. The second kappa shape index (κ2) is 9.49. The van der Waals surface area contributed by atoms with Gasteiger partial charge in [-0.05, 0) is 19.8 Å². The number of rotatable bonds is 7. The summed E-state index contributed by atoms with van der Waals surface area (Å²) in [5, 5.41) is 2.09. The lowest BCUT2D eigenvalue weighted by Crippen LogP contribution is -2.33. The fourth-order valence-electron chi connectivity index (χ4n) is 1.04. The van der Waals surface area contributed by atoms with Gasteiger partial charge in [0.2, 0.25) is 0 Å². The van der Waals surface area contributed by atoms with E-state index < -0.39 is 0 Å². The number of unbranched alkanes of at least 4 members (excludes halogenated alkanes) is 1. The molecule has 0 bridgehead atoms. The van der Waals surface area contributed by atoms with Gasteiger partial charge in [0.1, 0.15) is 0 Å². The first-order valence-electron chi connectivity index (χ1n) is 5.02. The Morgan fingerprint density at radius 2 is 1.85 bits per heavy atom. The van der Waals surface area contributed by atoms with E-state index in [0.29, 0.717) is 0 Å². The van der Waals surface area contributed by atoms with Crippen molar-refractivity contribution in [3.8, 4) is 0 Å². The number of hydrogen-bond acceptors (Lipinski definition) is 2. The van der Waals surface area contributed by atoms with Crippen LogP contribution in [0.25, 0.3) is 0 Å². The van der Waals surface area contributed by atoms with Crippen molar-refractivity contribution >= 4 is 0 Å². The van der Waals surface area contributed by atoms with Crippen molar-refractivity contribution in [1.29, 1.82) is 0 Å². The largest absolute Gasteiger partial charge is 0.255 e. The van der Waals surface area contributed by atoms with E-state index in [1.807, 2.05) is 0 Å². The summed E-state index contributed by atoms with van der Waals surface area (Å²) >= 11 is 0. The zero-order valence-corrected chi connectivity index (χ0v) is 9.09. The lowest BCUT2D eigenvalue weighted by molar-refractivity contribution is 0.268. The molecule has 76 valence electrons. The number of hydrogen-bond donors (Lipinski definition) is 1. The van der Waals surface area contributed by atoms with Gasteiger partial charge >= 0.3 is 0 Å². The molecular formula is C11H22N2. The molecule has 0 aromatic rings. The molecule has 0 rings (SSSR count). The highest BCUT2D eigenvalue weighted by atomic mass is 15.5. The van der Waals surface area contributed by atoms with Gasteiger partial charge in [0.25, 0.3) is 0 Å². The normalized spacial score (nSPS) is 12.3. The molecule has 2 heteroatoms. The Balaban J connectivity index is 3.29. The molecule has 0 aliphatic carbocycles. The molecule has 0 unspecified atom stereocenters. The average Bonchev–Trinajstić information content (AvgIpc) is 2.11. The molecule has 1 N–H and O–H groups in total. The molecule has 0 heterocycles. The monoisotopic (exact) mass is 182 g/mol. The number of likely N-dealkylation sites (N-methyl/N-ethyl adjacent to an activating group) is 1. The van der Waals surface area contributed by atoms with Gasteiger partial charge in [-0.25, -0.2) is 5.01 Å². The Labute approximate surface area is 82.3 Å². The molecule has 0 aromatic carbocycles. The Morgan fingerprint density at radius 1 is 1.15 bits per heavy atom. The fraction of sp³-hybridized carbons (Fsp3) is 0.636. The standard InChI is InChI=1S/C11H22N2/c1-4-6-7-8-9-10-11-13(3)12-5-2/h4,6,9-10,12H,5,7-8,11H2,1-3H3/b6-4+,10-9+. The van der Waals surface area contributed by atoms with Crippen LogP contribution >= 0.6 is 0 Å². The summed E-state index contributed by atoms with van der Waals surface area (Å²) < 4.78 is 0. The number of nitrogens with one attached hydrogen (secondary N) is 1. The van der Waals surface area contributed by atoms with Crippen LogP contribution in [0.5, 0.6) is 0 Å². The molecule has 13 heavy (non-hydrogen) atoms. The molecule has 0 saturated carbocycles. The molecule has 0 aromatic heterocycles. The molecule has 0 atom stereocenters. The number of nitrogens with zero attached hydrogens (tertiary/aromatic N) is 1. The highest BCUT2D eigenvalue weighted by Crippen LogP contribution is 1.92. The summed E-state index contributed by atoms with van der Waals surface area (Å²) in [6.45, 7) is 6.13. The SMILES string of the molecule is C/C=C/CC/C=C/CN(C)NCC. The van der Waals surface area contributed by atoms with E-state index in [2.05, 4.69) is 55.6 Å². The predicted molar refractivity (Wildman–Crippen MR) is 59.5 cm³/mol. The van der Waals surface area contributed by atoms with Crippen LogP contribution in [0.15, 0.2) is 24.3 Å². The van der Waals surface area contributed by atoms with Gasteiger partial charge in [0, 0.05) is 20.1 Å². The molecule has 0 fully saturated rings. The molecule has 0 radical (unpaired) electrons. The van der Waals surface area contributed by atoms with Crippen molar-refractivity contribution < 1.29 is 0 Å². The minimum atomic E-state index is 0.976. The van der Waals surface area contributed by atoms with Gasteiger partial charge in [-0.1, -0.05) is 31.2 Å². The summed E-state index contributed by atoms with van der Waals surface area (Å²) in [4.78, 5) is 0. The average molecular weight is 182 g/mol. The van der Waals surface area contributed by atoms with Crippen LogP contribution in [0.3, 0.4) is 0 Å². The molecule has 0 aliphatic rings. The van der Waals surface area contributed by atoms with Crippen LogP contribution in [0.4, 0.5) is 0 Å². The Kier molecular flexibility index (Phi) is 9.05. The van der Waals surface area contributed by atoms with Crippen molar-refractivity contribution in [1.82, 2.24) is 10.4 Å². The highest BCUT2D eigenvalue weighted by Gasteiger charge is 1.88. The van der Waals surface area contributed by atoms with Gasteiger partial charge in [-0.15, -0.1) is 0 Å². The van der Waals surface area contributed by atoms with Crippen LogP contribution in [0.2, 0.25) is 0 Å². The summed E-state index contributed by atoms with van der Waals surface area (Å²) in [6, 6.07) is 0. The fourth-order valence-corrected chi connectivity index (χ4v) is 1.04. The first kappa shape index (κ1) is 12.4. The van der Waals surface area contributed by atoms with E-state index in [9.17, 15) is 0 Å². The second-order valence-electron chi connectivity index (χ2n) is 3.01. The van der Waals surface area contributed by atoms with Crippen molar-refractivity contribution in [2.24, 2.45) is 0 Å². The van der Waals surface area contributed by atoms with E-state index >= 15 is 0 Å². The Bertz CT molecular complexity index is 150. The Hall–Kier alpha value is -0.600. The van der Waals surface area contributed by atoms with Crippen molar-refractivity contribution in [3.05, 3.63) is 24.3 Å². The summed E-state index contributed by atoms with van der Waals surface area (Å²) in [5.74, 6) is 0. The van der Waals surface area contributed by atoms with E-state index in [4.69, 9.17) is 0 Å². The summed E-state index contributed by atoms with van der Waals surface area (Å²) in [6.07, 6.45) is 11.0. The maximum Gasteiger partial charge on any atom is 0.0308 e. The quantitative estimate of drug-likeness (QED) is 0.369. The molecule has 2 nitrogen and oxygen atoms in total. The molecule has 0 amide bonds. The third-order valence-corrected chi connectivity index (χ3v) is 1.71. The third-order valence-electron chi connectivity index (χ3n) is 1.71. The first-order valence-corrected chi connectivity index (χ1v) is 5.02. The number of allylic oxidation sites excluding steroid dienone is 3. The van der Waals surface area contributed by atoms with E-state index in [1.165, 1.54) is 0 Å². The van der Waals surface area contributed by atoms with E-state index in [1.54, 1.807) is 0 Å². The number of hydrazine groups is 1. The highest BCUT2D eigenvalue weighted by molar-refractivity contribution is 4.87. The molecule has 0 spiro atoms.